The number of rotatable bonds is 7. The number of anilines is 2. The summed E-state index contributed by atoms with van der Waals surface area (Å²) in [5.41, 5.74) is 9.74. The van der Waals surface area contributed by atoms with E-state index in [0.717, 1.165) is 80.2 Å². The summed E-state index contributed by atoms with van der Waals surface area (Å²) in [4.78, 5) is 15.5. The van der Waals surface area contributed by atoms with Crippen molar-refractivity contribution in [2.75, 3.05) is 49.8 Å². The summed E-state index contributed by atoms with van der Waals surface area (Å²) in [6, 6.07) is 2.77. The zero-order chi connectivity index (χ0) is 31.7. The maximum Gasteiger partial charge on any atom is 0.186 e. The van der Waals surface area contributed by atoms with Gasteiger partial charge in [0.2, 0.25) is 0 Å². The highest BCUT2D eigenvalue weighted by molar-refractivity contribution is 7.90. The van der Waals surface area contributed by atoms with Crippen molar-refractivity contribution in [3.05, 3.63) is 33.5 Å². The first-order valence-corrected chi connectivity index (χ1v) is 18.6. The third-order valence-corrected chi connectivity index (χ3v) is 12.2. The highest BCUT2D eigenvalue weighted by atomic mass is 32.2. The molecule has 3 aliphatic rings. The number of fused-ring (bicyclic) bond motifs is 5. The molecule has 4 aromatic heterocycles. The molecule has 0 bridgehead atoms. The van der Waals surface area contributed by atoms with Crippen LogP contribution in [0.15, 0.2) is 10.7 Å². The van der Waals surface area contributed by atoms with E-state index in [1.165, 1.54) is 22.5 Å². The van der Waals surface area contributed by atoms with Crippen molar-refractivity contribution < 1.29 is 12.9 Å². The molecule has 45 heavy (non-hydrogen) atoms. The summed E-state index contributed by atoms with van der Waals surface area (Å²) in [5, 5.41) is 20.9. The number of nitriles is 1. The lowest BCUT2D eigenvalue weighted by atomic mass is 9.63. The minimum atomic E-state index is -3.19. The summed E-state index contributed by atoms with van der Waals surface area (Å²) in [7, 11) is 0.816. The maximum atomic E-state index is 12.1. The minimum Gasteiger partial charge on any atom is -0.389 e. The van der Waals surface area contributed by atoms with Crippen LogP contribution in [-0.2, 0) is 28.1 Å². The van der Waals surface area contributed by atoms with Gasteiger partial charge >= 0.3 is 0 Å². The van der Waals surface area contributed by atoms with Gasteiger partial charge in [-0.25, -0.2) is 23.1 Å². The van der Waals surface area contributed by atoms with E-state index in [2.05, 4.69) is 30.1 Å². The van der Waals surface area contributed by atoms with E-state index < -0.39 is 15.3 Å². The van der Waals surface area contributed by atoms with Crippen LogP contribution < -0.4 is 10.6 Å². The molecule has 7 rings (SSSR count). The van der Waals surface area contributed by atoms with Gasteiger partial charge in [0.05, 0.1) is 34.4 Å². The Morgan fingerprint density at radius 1 is 1.27 bits per heavy atom. The van der Waals surface area contributed by atoms with Crippen LogP contribution in [0.25, 0.3) is 22.6 Å². The Kier molecular flexibility index (Phi) is 7.41. The molecular weight excluding hydrogens is 611 g/mol. The third kappa shape index (κ3) is 4.90. The molecule has 3 unspecified atom stereocenters. The highest BCUT2D eigenvalue weighted by Crippen LogP contribution is 2.55. The lowest BCUT2D eigenvalue weighted by molar-refractivity contribution is 0.232. The van der Waals surface area contributed by atoms with Crippen LogP contribution in [0.3, 0.4) is 0 Å². The molecule has 238 valence electrons. The van der Waals surface area contributed by atoms with Gasteiger partial charge in [-0.15, -0.1) is 11.3 Å². The summed E-state index contributed by atoms with van der Waals surface area (Å²) in [5.74, 6) is 1.83. The quantitative estimate of drug-likeness (QED) is 0.307. The number of likely N-dealkylation sites (N-methyl/N-ethyl adjacent to an activating group) is 1. The number of nitrogen functional groups attached to an aromatic ring is 1. The monoisotopic (exact) mass is 649 g/mol. The zero-order valence-corrected chi connectivity index (χ0v) is 27.8. The van der Waals surface area contributed by atoms with E-state index in [0.29, 0.717) is 39.6 Å². The largest absolute Gasteiger partial charge is 0.389 e. The highest BCUT2D eigenvalue weighted by Gasteiger charge is 2.49. The Morgan fingerprint density at radius 2 is 2.04 bits per heavy atom. The zero-order valence-electron chi connectivity index (χ0n) is 26.2. The van der Waals surface area contributed by atoms with Crippen LogP contribution in [-0.4, -0.2) is 83.5 Å². The molecule has 1 fully saturated rings. The van der Waals surface area contributed by atoms with Crippen molar-refractivity contribution >= 4 is 43.0 Å². The maximum absolute atomic E-state index is 12.1. The van der Waals surface area contributed by atoms with E-state index in [1.807, 2.05) is 16.6 Å². The fourth-order valence-corrected chi connectivity index (χ4v) is 9.71. The molecule has 2 N–H and O–H groups in total. The first-order valence-electron chi connectivity index (χ1n) is 15.7. The van der Waals surface area contributed by atoms with E-state index in [-0.39, 0.29) is 18.3 Å². The fraction of sp³-hybridized carbons (Fsp3) is 0.581. The molecule has 1 spiro atoms. The number of nitrogens with two attached hydrogens (primary N) is 1. The molecule has 12 nitrogen and oxygen atoms in total. The Morgan fingerprint density at radius 3 is 2.76 bits per heavy atom. The smallest absolute Gasteiger partial charge is 0.186 e. The number of likely N-dealkylation sites (tertiary alicyclic amines) is 1. The Labute approximate surface area is 267 Å². The average molecular weight is 650 g/mol. The van der Waals surface area contributed by atoms with Crippen LogP contribution in [0, 0.1) is 11.3 Å². The second-order valence-electron chi connectivity index (χ2n) is 13.1. The predicted octanol–water partition coefficient (Wildman–Crippen LogP) is 4.09. The molecule has 1 aliphatic heterocycles. The first-order chi connectivity index (χ1) is 21.5. The van der Waals surface area contributed by atoms with E-state index in [1.54, 1.807) is 6.20 Å². The van der Waals surface area contributed by atoms with Gasteiger partial charge in [0.15, 0.2) is 22.9 Å². The van der Waals surface area contributed by atoms with Gasteiger partial charge in [-0.2, -0.15) is 10.4 Å². The third-order valence-electron chi connectivity index (χ3n) is 10.2. The number of hydrogen-bond acceptors (Lipinski definition) is 12. The summed E-state index contributed by atoms with van der Waals surface area (Å²) in [6.45, 7) is 3.50. The van der Waals surface area contributed by atoms with Crippen molar-refractivity contribution in [2.45, 2.75) is 75.8 Å². The fourth-order valence-electron chi connectivity index (χ4n) is 7.94. The number of hydrogen-bond donors (Lipinski definition) is 1. The number of aryl methyl sites for hydroxylation is 1. The van der Waals surface area contributed by atoms with E-state index >= 15 is 0 Å². The van der Waals surface area contributed by atoms with Crippen molar-refractivity contribution in [1.29, 1.82) is 5.26 Å². The molecule has 14 heteroatoms. The standard InChI is InChI=1S/C31H39N9O3S2/c1-18(22-9-7-13-38(22)2)40-30-21(17-34-40)29(39(3)14-15-45(4,41)42)35-28(36-30)25-19-8-5-11-31(26(19)43-37-25)12-6-10-23-24(31)20(16-32)27(33)44-23/h17-18,22H,5-15,33H2,1-4H3. The lowest BCUT2D eigenvalue weighted by Crippen LogP contribution is -2.35. The van der Waals surface area contributed by atoms with Gasteiger partial charge in [-0.05, 0) is 77.4 Å². The Hall–Kier alpha value is -3.54. The normalized spacial score (nSPS) is 22.4. The van der Waals surface area contributed by atoms with Gasteiger partial charge in [0.25, 0.3) is 0 Å². The summed E-state index contributed by atoms with van der Waals surface area (Å²) < 4.78 is 32.4. The van der Waals surface area contributed by atoms with Crippen molar-refractivity contribution in [3.63, 3.8) is 0 Å². The van der Waals surface area contributed by atoms with Crippen LogP contribution in [0.2, 0.25) is 0 Å². The topological polar surface area (TPSA) is 160 Å². The van der Waals surface area contributed by atoms with Crippen LogP contribution >= 0.6 is 11.3 Å². The lowest BCUT2D eigenvalue weighted by Gasteiger charge is -2.39. The van der Waals surface area contributed by atoms with Crippen molar-refractivity contribution in [1.82, 2.24) is 29.8 Å². The molecule has 1 saturated heterocycles. The molecule has 0 amide bonds. The predicted molar refractivity (Wildman–Crippen MR) is 174 cm³/mol. The van der Waals surface area contributed by atoms with E-state index in [9.17, 15) is 13.7 Å². The average Bonchev–Trinajstić information content (AvgIpc) is 3.79. The van der Waals surface area contributed by atoms with Crippen LogP contribution in [0.1, 0.15) is 78.8 Å². The minimum absolute atomic E-state index is 0.00303. The number of aromatic nitrogens is 5. The Bertz CT molecular complexity index is 1930. The molecule has 3 atom stereocenters. The molecule has 4 aromatic rings. The summed E-state index contributed by atoms with van der Waals surface area (Å²) >= 11 is 1.52. The van der Waals surface area contributed by atoms with Gasteiger partial charge in [-0.3, -0.25) is 0 Å². The first kappa shape index (κ1) is 30.1. The van der Waals surface area contributed by atoms with Crippen LogP contribution in [0.5, 0.6) is 0 Å². The van der Waals surface area contributed by atoms with Crippen molar-refractivity contribution in [2.24, 2.45) is 0 Å². The molecule has 0 saturated carbocycles. The molecule has 5 heterocycles. The second kappa shape index (κ2) is 11.1. The van der Waals surface area contributed by atoms with Gasteiger partial charge < -0.3 is 20.1 Å². The SMILES string of the molecule is CC(C1CCCN1C)n1ncc2c(N(C)CCS(C)(=O)=O)nc(-c3noc4c3CCCC43CCCc4sc(N)c(C#N)c43)nc21. The van der Waals surface area contributed by atoms with E-state index in [4.69, 9.17) is 25.3 Å². The van der Waals surface area contributed by atoms with Gasteiger partial charge in [0.1, 0.15) is 26.7 Å². The van der Waals surface area contributed by atoms with Gasteiger partial charge in [-0.1, -0.05) is 5.16 Å². The van der Waals surface area contributed by atoms with Crippen LogP contribution in [0.4, 0.5) is 10.8 Å². The molecule has 2 aliphatic carbocycles. The Balaban J connectivity index is 1.38. The number of sulfone groups is 1. The molecular formula is C31H39N9O3S2. The van der Waals surface area contributed by atoms with Crippen molar-refractivity contribution in [3.8, 4) is 17.6 Å². The number of thiophene rings is 1. The number of nitrogens with zero attached hydrogens (tertiary/aromatic N) is 8. The summed E-state index contributed by atoms with van der Waals surface area (Å²) in [6.07, 6.45) is 10.5. The molecule has 0 aromatic carbocycles. The van der Waals surface area contributed by atoms with Gasteiger partial charge in [0, 0.05) is 36.3 Å². The molecule has 0 radical (unpaired) electrons. The second-order valence-corrected chi connectivity index (χ2v) is 16.5.